The van der Waals surface area contributed by atoms with Crippen LogP contribution in [0.25, 0.3) is 0 Å². The van der Waals surface area contributed by atoms with E-state index in [0.29, 0.717) is 17.1 Å². The van der Waals surface area contributed by atoms with E-state index in [1.807, 2.05) is 23.8 Å². The first-order valence-electron chi connectivity index (χ1n) is 7.24. The number of hydrogen-bond acceptors (Lipinski definition) is 4. The monoisotopic (exact) mass is 351 g/mol. The third-order valence-corrected chi connectivity index (χ3v) is 4.54. The molecule has 1 aromatic carbocycles. The van der Waals surface area contributed by atoms with Crippen molar-refractivity contribution >= 4 is 40.5 Å². The third kappa shape index (κ3) is 5.08. The number of halogens is 1. The van der Waals surface area contributed by atoms with Gasteiger partial charge in [0.05, 0.1) is 0 Å². The Morgan fingerprint density at radius 1 is 1.35 bits per heavy atom. The molecule has 0 saturated heterocycles. The minimum Gasteiger partial charge on any atom is -0.453 e. The summed E-state index contributed by atoms with van der Waals surface area (Å²) in [6, 6.07) is 7.23. The molecule has 4 nitrogen and oxygen atoms in total. The molecule has 0 fully saturated rings. The van der Waals surface area contributed by atoms with E-state index in [-0.39, 0.29) is 18.3 Å². The van der Waals surface area contributed by atoms with E-state index in [2.05, 4.69) is 5.32 Å². The average Bonchev–Trinajstić information content (AvgIpc) is 3.03. The number of rotatable bonds is 6. The van der Waals surface area contributed by atoms with Crippen LogP contribution in [0.15, 0.2) is 35.0 Å². The average molecular weight is 352 g/mol. The standard InChI is InChI=1S/C17H18ClNO3S/c1-11-14(18)4-3-5-15(11)19-17(21)12(2)22-16(20)7-6-13-8-9-23-10-13/h3-5,8-10,12H,6-7H2,1-2H3,(H,19,21)/t12-/m0/s1. The van der Waals surface area contributed by atoms with Crippen LogP contribution in [0.4, 0.5) is 5.69 Å². The summed E-state index contributed by atoms with van der Waals surface area (Å²) in [6.07, 6.45) is 0.0117. The van der Waals surface area contributed by atoms with E-state index >= 15 is 0 Å². The summed E-state index contributed by atoms with van der Waals surface area (Å²) >= 11 is 7.60. The summed E-state index contributed by atoms with van der Waals surface area (Å²) in [7, 11) is 0. The molecule has 0 bridgehead atoms. The first-order valence-corrected chi connectivity index (χ1v) is 8.56. The second-order valence-electron chi connectivity index (χ2n) is 5.17. The molecule has 2 aromatic rings. The lowest BCUT2D eigenvalue weighted by molar-refractivity contribution is -0.153. The summed E-state index contributed by atoms with van der Waals surface area (Å²) < 4.78 is 5.17. The van der Waals surface area contributed by atoms with Gasteiger partial charge in [-0.3, -0.25) is 9.59 Å². The number of carbonyl (C=O) groups excluding carboxylic acids is 2. The van der Waals surface area contributed by atoms with Crippen LogP contribution in [0, 0.1) is 6.92 Å². The highest BCUT2D eigenvalue weighted by molar-refractivity contribution is 7.07. The Kier molecular flexibility index (Phi) is 6.19. The number of thiophene rings is 1. The minimum atomic E-state index is -0.858. The number of ether oxygens (including phenoxy) is 1. The molecule has 23 heavy (non-hydrogen) atoms. The van der Waals surface area contributed by atoms with Crippen LogP contribution in [0.1, 0.15) is 24.5 Å². The Balaban J connectivity index is 1.84. The maximum absolute atomic E-state index is 12.1. The van der Waals surface area contributed by atoms with Crippen molar-refractivity contribution < 1.29 is 14.3 Å². The molecule has 6 heteroatoms. The van der Waals surface area contributed by atoms with E-state index < -0.39 is 6.10 Å². The fraction of sp³-hybridized carbons (Fsp3) is 0.294. The van der Waals surface area contributed by atoms with Crippen LogP contribution < -0.4 is 5.32 Å². The normalized spacial score (nSPS) is 11.8. The molecule has 0 aliphatic heterocycles. The van der Waals surface area contributed by atoms with E-state index in [9.17, 15) is 9.59 Å². The molecule has 0 unspecified atom stereocenters. The highest BCUT2D eigenvalue weighted by atomic mass is 35.5. The van der Waals surface area contributed by atoms with Gasteiger partial charge in [0.1, 0.15) is 0 Å². The first-order chi connectivity index (χ1) is 11.0. The van der Waals surface area contributed by atoms with Gasteiger partial charge < -0.3 is 10.1 Å². The Hall–Kier alpha value is -1.85. The van der Waals surface area contributed by atoms with Gasteiger partial charge in [0.25, 0.3) is 5.91 Å². The Morgan fingerprint density at radius 2 is 2.13 bits per heavy atom. The molecule has 1 atom stereocenters. The third-order valence-electron chi connectivity index (χ3n) is 3.40. The van der Waals surface area contributed by atoms with Crippen LogP contribution in [-0.2, 0) is 20.7 Å². The van der Waals surface area contributed by atoms with Crippen LogP contribution in [0.3, 0.4) is 0 Å². The molecule has 122 valence electrons. The molecular formula is C17H18ClNO3S. The topological polar surface area (TPSA) is 55.4 Å². The lowest BCUT2D eigenvalue weighted by Gasteiger charge is -2.15. The summed E-state index contributed by atoms with van der Waals surface area (Å²) in [6.45, 7) is 3.37. The van der Waals surface area contributed by atoms with Gasteiger partial charge in [0.2, 0.25) is 0 Å². The van der Waals surface area contributed by atoms with E-state index in [1.54, 1.807) is 36.5 Å². The molecule has 0 aliphatic rings. The Morgan fingerprint density at radius 3 is 2.83 bits per heavy atom. The number of aryl methyl sites for hydroxylation is 1. The number of carbonyl (C=O) groups is 2. The number of anilines is 1. The lowest BCUT2D eigenvalue weighted by Crippen LogP contribution is -2.30. The van der Waals surface area contributed by atoms with Gasteiger partial charge in [-0.1, -0.05) is 17.7 Å². The first kappa shape index (κ1) is 17.5. The van der Waals surface area contributed by atoms with Gasteiger partial charge in [-0.25, -0.2) is 0 Å². The lowest BCUT2D eigenvalue weighted by atomic mass is 10.2. The maximum Gasteiger partial charge on any atom is 0.306 e. The highest BCUT2D eigenvalue weighted by Crippen LogP contribution is 2.23. The highest BCUT2D eigenvalue weighted by Gasteiger charge is 2.18. The van der Waals surface area contributed by atoms with E-state index in [0.717, 1.165) is 11.1 Å². The summed E-state index contributed by atoms with van der Waals surface area (Å²) in [5.74, 6) is -0.763. The van der Waals surface area contributed by atoms with Gasteiger partial charge in [0, 0.05) is 17.1 Å². The predicted octanol–water partition coefficient (Wildman–Crippen LogP) is 4.21. The zero-order valence-electron chi connectivity index (χ0n) is 13.0. The second-order valence-corrected chi connectivity index (χ2v) is 6.35. The van der Waals surface area contributed by atoms with Crippen LogP contribution in [0.5, 0.6) is 0 Å². The molecule has 1 heterocycles. The van der Waals surface area contributed by atoms with Crippen LogP contribution in [-0.4, -0.2) is 18.0 Å². The molecule has 0 radical (unpaired) electrons. The summed E-state index contributed by atoms with van der Waals surface area (Å²) in [4.78, 5) is 23.9. The van der Waals surface area contributed by atoms with Crippen molar-refractivity contribution in [2.24, 2.45) is 0 Å². The molecule has 1 amide bonds. The molecular weight excluding hydrogens is 334 g/mol. The number of esters is 1. The number of amides is 1. The number of hydrogen-bond donors (Lipinski definition) is 1. The SMILES string of the molecule is Cc1c(Cl)cccc1NC(=O)[C@H](C)OC(=O)CCc1ccsc1. The number of nitrogens with one attached hydrogen (secondary N) is 1. The van der Waals surface area contributed by atoms with E-state index in [4.69, 9.17) is 16.3 Å². The van der Waals surface area contributed by atoms with Crippen LogP contribution in [0.2, 0.25) is 5.02 Å². The van der Waals surface area contributed by atoms with Crippen molar-refractivity contribution in [1.29, 1.82) is 0 Å². The fourth-order valence-corrected chi connectivity index (χ4v) is 2.85. The number of benzene rings is 1. The van der Waals surface area contributed by atoms with Gasteiger partial charge in [-0.05, 0) is 60.4 Å². The van der Waals surface area contributed by atoms with Gasteiger partial charge >= 0.3 is 5.97 Å². The van der Waals surface area contributed by atoms with Crippen molar-refractivity contribution in [3.63, 3.8) is 0 Å². The van der Waals surface area contributed by atoms with Crippen molar-refractivity contribution in [3.8, 4) is 0 Å². The van der Waals surface area contributed by atoms with Crippen molar-refractivity contribution in [3.05, 3.63) is 51.2 Å². The Bertz CT molecular complexity index is 685. The van der Waals surface area contributed by atoms with Crippen molar-refractivity contribution in [2.45, 2.75) is 32.8 Å². The van der Waals surface area contributed by atoms with Crippen molar-refractivity contribution in [1.82, 2.24) is 0 Å². The van der Waals surface area contributed by atoms with E-state index in [1.165, 1.54) is 0 Å². The van der Waals surface area contributed by atoms with Crippen molar-refractivity contribution in [2.75, 3.05) is 5.32 Å². The van der Waals surface area contributed by atoms with Gasteiger partial charge in [0.15, 0.2) is 6.10 Å². The zero-order chi connectivity index (χ0) is 16.8. The molecule has 0 saturated carbocycles. The summed E-state index contributed by atoms with van der Waals surface area (Å²) in [5.41, 5.74) is 2.49. The maximum atomic E-state index is 12.1. The largest absolute Gasteiger partial charge is 0.453 e. The minimum absolute atomic E-state index is 0.255. The van der Waals surface area contributed by atoms with Gasteiger partial charge in [-0.15, -0.1) is 0 Å². The fourth-order valence-electron chi connectivity index (χ4n) is 1.97. The molecule has 0 spiro atoms. The quantitative estimate of drug-likeness (QED) is 0.793. The molecule has 2 rings (SSSR count). The summed E-state index contributed by atoms with van der Waals surface area (Å²) in [5, 5.41) is 7.25. The van der Waals surface area contributed by atoms with Gasteiger partial charge in [-0.2, -0.15) is 11.3 Å². The molecule has 1 aromatic heterocycles. The smallest absolute Gasteiger partial charge is 0.306 e. The zero-order valence-corrected chi connectivity index (χ0v) is 14.5. The molecule has 1 N–H and O–H groups in total. The Labute approximate surface area is 144 Å². The predicted molar refractivity (Wildman–Crippen MR) is 93.0 cm³/mol. The molecule has 0 aliphatic carbocycles. The van der Waals surface area contributed by atoms with Crippen LogP contribution >= 0.6 is 22.9 Å². The second kappa shape index (κ2) is 8.13.